The Balaban J connectivity index is 2.63. The van der Waals surface area contributed by atoms with Crippen LogP contribution in [0.3, 0.4) is 0 Å². The van der Waals surface area contributed by atoms with Crippen molar-refractivity contribution in [3.05, 3.63) is 35.3 Å². The molecule has 1 saturated heterocycles. The summed E-state index contributed by atoms with van der Waals surface area (Å²) in [4.78, 5) is 17.4. The molecule has 132 valence electrons. The molecule has 0 aliphatic carbocycles. The number of quaternary nitrogens is 1. The molecule has 2 atom stereocenters. The van der Waals surface area contributed by atoms with E-state index >= 15 is 0 Å². The topological polar surface area (TPSA) is 81.8 Å². The van der Waals surface area contributed by atoms with E-state index in [1.165, 1.54) is 25.2 Å². The third kappa shape index (κ3) is 3.35. The number of hydrogen-bond donors (Lipinski definition) is 1. The molecule has 1 aliphatic rings. The molecule has 0 aromatic heterocycles. The molecule has 2 unspecified atom stereocenters. The fraction of sp³-hybridized carbons (Fsp3) is 0.385. The molecule has 6 nitrogen and oxygen atoms in total. The summed E-state index contributed by atoms with van der Waals surface area (Å²) in [5.41, 5.74) is 5.65. The number of rotatable bonds is 4. The van der Waals surface area contributed by atoms with Crippen molar-refractivity contribution in [3.63, 3.8) is 0 Å². The highest BCUT2D eigenvalue weighted by atomic mass is 79.9. The lowest BCUT2D eigenvalue weighted by atomic mass is 10.2. The fourth-order valence-corrected chi connectivity index (χ4v) is 2.74. The number of alkyl halides is 4. The van der Waals surface area contributed by atoms with Crippen LogP contribution in [0.4, 0.5) is 10.1 Å². The van der Waals surface area contributed by atoms with Gasteiger partial charge in [-0.15, -0.1) is 11.6 Å². The highest BCUT2D eigenvalue weighted by Crippen LogP contribution is 2.42. The lowest BCUT2D eigenvalue weighted by Gasteiger charge is -2.37. The summed E-state index contributed by atoms with van der Waals surface area (Å²) < 4.78 is 11.4. The van der Waals surface area contributed by atoms with Crippen LogP contribution in [-0.4, -0.2) is 44.6 Å². The van der Waals surface area contributed by atoms with E-state index in [0.29, 0.717) is 0 Å². The SMILES string of the molecule is CN1C[N+]([O-])(c2ccccc2F)C(=NC(N)(Cl)C(Br)(Br)CCl)C1=O. The summed E-state index contributed by atoms with van der Waals surface area (Å²) in [6, 6.07) is 5.34. The number of likely N-dealkylation sites (N-methyl/N-ethyl adjacent to an activating group) is 1. The normalized spacial score (nSPS) is 26.1. The van der Waals surface area contributed by atoms with Gasteiger partial charge in [-0.05, 0) is 6.07 Å². The Bertz CT molecular complexity index is 704. The van der Waals surface area contributed by atoms with Crippen LogP contribution in [0.2, 0.25) is 0 Å². The molecular formula is C13H13Br2Cl2FN4O2. The number of hydrogen-bond acceptors (Lipinski definition) is 4. The number of hydroxylamine groups is 2. The molecule has 1 amide bonds. The van der Waals surface area contributed by atoms with Crippen LogP contribution >= 0.6 is 55.1 Å². The smallest absolute Gasteiger partial charge is 0.333 e. The number of amidine groups is 1. The molecule has 11 heteroatoms. The lowest BCUT2D eigenvalue weighted by Crippen LogP contribution is -2.53. The molecule has 2 N–H and O–H groups in total. The summed E-state index contributed by atoms with van der Waals surface area (Å²) >= 11 is 18.3. The Labute approximate surface area is 164 Å². The van der Waals surface area contributed by atoms with Gasteiger partial charge in [0.2, 0.25) is 5.12 Å². The van der Waals surface area contributed by atoms with Crippen molar-refractivity contribution in [1.82, 2.24) is 9.55 Å². The van der Waals surface area contributed by atoms with Crippen molar-refractivity contribution in [2.75, 3.05) is 19.6 Å². The summed E-state index contributed by atoms with van der Waals surface area (Å²) in [6.07, 6.45) is 0. The average Bonchev–Trinajstić information content (AvgIpc) is 2.71. The minimum absolute atomic E-state index is 0.119. The molecule has 0 spiro atoms. The fourth-order valence-electron chi connectivity index (χ4n) is 2.15. The molecule has 2 rings (SSSR count). The number of carbonyl (C=O) groups is 1. The number of nitrogens with two attached hydrogens (primary N) is 1. The maximum Gasteiger partial charge on any atom is 0.333 e. The molecule has 24 heavy (non-hydrogen) atoms. The third-order valence-electron chi connectivity index (χ3n) is 3.48. The highest BCUT2D eigenvalue weighted by molar-refractivity contribution is 9.25. The Kier molecular flexibility index (Phi) is 5.66. The van der Waals surface area contributed by atoms with Gasteiger partial charge in [-0.3, -0.25) is 20.1 Å². The van der Waals surface area contributed by atoms with Crippen LogP contribution < -0.4 is 10.4 Å². The predicted octanol–water partition coefficient (Wildman–Crippen LogP) is 3.04. The first kappa shape index (κ1) is 20.0. The summed E-state index contributed by atoms with van der Waals surface area (Å²) in [5.74, 6) is -2.11. The van der Waals surface area contributed by atoms with Crippen LogP contribution in [0.15, 0.2) is 29.3 Å². The van der Waals surface area contributed by atoms with Crippen LogP contribution in [0.25, 0.3) is 0 Å². The van der Waals surface area contributed by atoms with Gasteiger partial charge >= 0.3 is 5.91 Å². The monoisotopic (exact) mass is 504 g/mol. The van der Waals surface area contributed by atoms with Crippen molar-refractivity contribution in [2.24, 2.45) is 10.7 Å². The van der Waals surface area contributed by atoms with Crippen molar-refractivity contribution in [1.29, 1.82) is 0 Å². The number of carbonyl (C=O) groups excluding carboxylic acids is 1. The number of benzene rings is 1. The lowest BCUT2D eigenvalue weighted by molar-refractivity contribution is -0.121. The molecule has 1 aliphatic heterocycles. The van der Waals surface area contributed by atoms with E-state index in [-0.39, 0.29) is 18.2 Å². The van der Waals surface area contributed by atoms with E-state index in [9.17, 15) is 14.4 Å². The summed E-state index contributed by atoms with van der Waals surface area (Å²) in [5, 5.41) is 11.3. The Morgan fingerprint density at radius 3 is 2.62 bits per heavy atom. The largest absolute Gasteiger partial charge is 0.619 e. The second-order valence-corrected chi connectivity index (χ2v) is 9.90. The van der Waals surface area contributed by atoms with E-state index in [1.807, 2.05) is 0 Å². The molecule has 1 aromatic carbocycles. The molecule has 0 bridgehead atoms. The first-order valence-corrected chi connectivity index (χ1v) is 9.08. The van der Waals surface area contributed by atoms with Crippen molar-refractivity contribution < 1.29 is 9.18 Å². The zero-order chi connectivity index (χ0) is 18.3. The van der Waals surface area contributed by atoms with Gasteiger partial charge in [0.1, 0.15) is 3.23 Å². The van der Waals surface area contributed by atoms with E-state index < -0.39 is 30.6 Å². The number of halogens is 5. The van der Waals surface area contributed by atoms with Crippen LogP contribution in [0, 0.1) is 11.0 Å². The van der Waals surface area contributed by atoms with Gasteiger partial charge in [0.15, 0.2) is 18.2 Å². The zero-order valence-electron chi connectivity index (χ0n) is 12.3. The molecule has 1 aromatic rings. The molecule has 1 heterocycles. The summed E-state index contributed by atoms with van der Waals surface area (Å²) in [6.45, 7) is -0.357. The quantitative estimate of drug-likeness (QED) is 0.295. The van der Waals surface area contributed by atoms with Crippen molar-refractivity contribution in [2.45, 2.75) is 8.36 Å². The number of amides is 1. The van der Waals surface area contributed by atoms with Gasteiger partial charge in [-0.1, -0.05) is 55.6 Å². The average molecular weight is 507 g/mol. The maximum absolute atomic E-state index is 14.1. The molecule has 1 fully saturated rings. The minimum Gasteiger partial charge on any atom is -0.619 e. The number of nitrogens with zero attached hydrogens (tertiary/aromatic N) is 3. The van der Waals surface area contributed by atoms with Gasteiger partial charge < -0.3 is 5.21 Å². The Morgan fingerprint density at radius 1 is 1.50 bits per heavy atom. The predicted molar refractivity (Wildman–Crippen MR) is 101 cm³/mol. The number of aliphatic imine (C=N–C) groups is 1. The van der Waals surface area contributed by atoms with Crippen LogP contribution in [0.5, 0.6) is 0 Å². The van der Waals surface area contributed by atoms with Gasteiger partial charge in [-0.25, -0.2) is 4.39 Å². The first-order valence-electron chi connectivity index (χ1n) is 6.58. The van der Waals surface area contributed by atoms with Crippen LogP contribution in [-0.2, 0) is 4.79 Å². The van der Waals surface area contributed by atoms with E-state index in [4.69, 9.17) is 28.9 Å². The van der Waals surface area contributed by atoms with Crippen LogP contribution in [0.1, 0.15) is 0 Å². The zero-order valence-corrected chi connectivity index (χ0v) is 17.0. The van der Waals surface area contributed by atoms with E-state index in [2.05, 4.69) is 36.9 Å². The number of para-hydroxylation sites is 1. The second kappa shape index (κ2) is 6.79. The summed E-state index contributed by atoms with van der Waals surface area (Å²) in [7, 11) is 1.40. The molecule has 0 radical (unpaired) electrons. The van der Waals surface area contributed by atoms with E-state index in [0.717, 1.165) is 11.0 Å². The van der Waals surface area contributed by atoms with E-state index in [1.54, 1.807) is 0 Å². The van der Waals surface area contributed by atoms with Crippen molar-refractivity contribution >= 4 is 72.5 Å². The van der Waals surface area contributed by atoms with Crippen molar-refractivity contribution in [3.8, 4) is 0 Å². The molecule has 0 saturated carbocycles. The second-order valence-electron chi connectivity index (χ2n) is 5.28. The van der Waals surface area contributed by atoms with Gasteiger partial charge in [0.05, 0.1) is 5.88 Å². The maximum atomic E-state index is 14.1. The van der Waals surface area contributed by atoms with Gasteiger partial charge in [0, 0.05) is 13.1 Å². The van der Waals surface area contributed by atoms with Gasteiger partial charge in [0.25, 0.3) is 5.84 Å². The third-order valence-corrected chi connectivity index (χ3v) is 7.16. The minimum atomic E-state index is -1.97. The standard InChI is InChI=1S/C13H13Br2Cl2FN4O2/c1-21-7-22(24,9-5-3-2-4-8(9)18)10(11(21)23)20-13(17,19)12(14,15)6-16/h2-5H,6-7,19H2,1H3. The molecular weight excluding hydrogens is 494 g/mol. The first-order chi connectivity index (χ1) is 11.0. The highest BCUT2D eigenvalue weighted by Gasteiger charge is 2.51. The Hall–Kier alpha value is -0.290. The van der Waals surface area contributed by atoms with Gasteiger partial charge in [-0.2, -0.15) is 4.99 Å². The Morgan fingerprint density at radius 2 is 2.08 bits per heavy atom.